The largest absolute Gasteiger partial charge is 0.462 e. The molecule has 0 aliphatic carbocycles. The van der Waals surface area contributed by atoms with E-state index in [1.54, 1.807) is 0 Å². The molecule has 0 aliphatic heterocycles. The molecular formula is C13H23NO2. The molecule has 0 rings (SSSR count). The van der Waals surface area contributed by atoms with Crippen LogP contribution in [0, 0.1) is 17.8 Å². The predicted octanol–water partition coefficient (Wildman–Crippen LogP) is 2.10. The molecule has 0 spiro atoms. The third-order valence-corrected chi connectivity index (χ3v) is 2.41. The van der Waals surface area contributed by atoms with Crippen LogP contribution in [0.3, 0.4) is 0 Å². The van der Waals surface area contributed by atoms with Gasteiger partial charge in [0, 0.05) is 12.5 Å². The summed E-state index contributed by atoms with van der Waals surface area (Å²) < 4.78 is 5.30. The Labute approximate surface area is 98.7 Å². The highest BCUT2D eigenvalue weighted by Gasteiger charge is 2.12. The van der Waals surface area contributed by atoms with E-state index >= 15 is 0 Å². The van der Waals surface area contributed by atoms with Crippen molar-refractivity contribution in [2.24, 2.45) is 11.7 Å². The fourth-order valence-electron chi connectivity index (χ4n) is 1.46. The van der Waals surface area contributed by atoms with Crippen molar-refractivity contribution in [1.29, 1.82) is 0 Å². The second-order valence-corrected chi connectivity index (χ2v) is 3.93. The Bertz CT molecular complexity index is 252. The minimum atomic E-state index is -0.191. The Morgan fingerprint density at radius 2 is 2.12 bits per heavy atom. The summed E-state index contributed by atoms with van der Waals surface area (Å²) in [5, 5.41) is 0. The van der Waals surface area contributed by atoms with Gasteiger partial charge in [0.2, 0.25) is 0 Å². The second-order valence-electron chi connectivity index (χ2n) is 3.93. The van der Waals surface area contributed by atoms with Crippen molar-refractivity contribution in [3.8, 4) is 11.8 Å². The first kappa shape index (κ1) is 15.0. The molecule has 0 amide bonds. The third-order valence-electron chi connectivity index (χ3n) is 2.41. The zero-order chi connectivity index (χ0) is 12.4. The summed E-state index contributed by atoms with van der Waals surface area (Å²) in [5.41, 5.74) is 5.29. The summed E-state index contributed by atoms with van der Waals surface area (Å²) in [6.45, 7) is 6.31. The topological polar surface area (TPSA) is 52.3 Å². The summed E-state index contributed by atoms with van der Waals surface area (Å²) in [6, 6.07) is 0. The van der Waals surface area contributed by atoms with E-state index < -0.39 is 0 Å². The maximum absolute atomic E-state index is 11.3. The van der Waals surface area contributed by atoms with Gasteiger partial charge in [-0.15, -0.1) is 11.8 Å². The average molecular weight is 225 g/mol. The number of carbonyl (C=O) groups excluding carboxylic acids is 1. The molecule has 2 unspecified atom stereocenters. The van der Waals surface area contributed by atoms with Crippen LogP contribution in [0.25, 0.3) is 0 Å². The van der Waals surface area contributed by atoms with E-state index in [2.05, 4.69) is 18.8 Å². The zero-order valence-electron chi connectivity index (χ0n) is 10.6. The van der Waals surface area contributed by atoms with E-state index in [0.29, 0.717) is 18.9 Å². The Hall–Kier alpha value is -1.01. The van der Waals surface area contributed by atoms with Gasteiger partial charge >= 0.3 is 5.97 Å². The van der Waals surface area contributed by atoms with Gasteiger partial charge in [-0.2, -0.15) is 0 Å². The SMILES string of the molecule is CC#CC(C)CCC(CC)OC(=O)CCN. The molecule has 3 nitrogen and oxygen atoms in total. The first-order chi connectivity index (χ1) is 7.63. The van der Waals surface area contributed by atoms with Crippen molar-refractivity contribution < 1.29 is 9.53 Å². The van der Waals surface area contributed by atoms with Gasteiger partial charge in [0.1, 0.15) is 6.10 Å². The van der Waals surface area contributed by atoms with Gasteiger partial charge in [0.05, 0.1) is 6.42 Å². The van der Waals surface area contributed by atoms with Crippen LogP contribution in [0.2, 0.25) is 0 Å². The highest BCUT2D eigenvalue weighted by atomic mass is 16.5. The summed E-state index contributed by atoms with van der Waals surface area (Å²) >= 11 is 0. The van der Waals surface area contributed by atoms with Crippen LogP contribution in [0.5, 0.6) is 0 Å². The molecular weight excluding hydrogens is 202 g/mol. The molecule has 0 aromatic heterocycles. The fourth-order valence-corrected chi connectivity index (χ4v) is 1.46. The van der Waals surface area contributed by atoms with Crippen LogP contribution in [0.15, 0.2) is 0 Å². The van der Waals surface area contributed by atoms with Crippen molar-refractivity contribution in [1.82, 2.24) is 0 Å². The number of hydrogen-bond acceptors (Lipinski definition) is 3. The lowest BCUT2D eigenvalue weighted by molar-refractivity contribution is -0.149. The van der Waals surface area contributed by atoms with Crippen molar-refractivity contribution in [3.63, 3.8) is 0 Å². The number of esters is 1. The number of carbonyl (C=O) groups is 1. The maximum atomic E-state index is 11.3. The highest BCUT2D eigenvalue weighted by molar-refractivity contribution is 5.69. The van der Waals surface area contributed by atoms with Gasteiger partial charge in [-0.25, -0.2) is 0 Å². The summed E-state index contributed by atoms with van der Waals surface area (Å²) in [6.07, 6.45) is 3.02. The monoisotopic (exact) mass is 225 g/mol. The van der Waals surface area contributed by atoms with Crippen molar-refractivity contribution >= 4 is 5.97 Å². The van der Waals surface area contributed by atoms with E-state index in [-0.39, 0.29) is 12.1 Å². The molecule has 3 heteroatoms. The van der Waals surface area contributed by atoms with Crippen LogP contribution < -0.4 is 5.73 Å². The number of hydrogen-bond donors (Lipinski definition) is 1. The van der Waals surface area contributed by atoms with E-state index in [4.69, 9.17) is 10.5 Å². The van der Waals surface area contributed by atoms with Crippen molar-refractivity contribution in [3.05, 3.63) is 0 Å². The first-order valence-corrected chi connectivity index (χ1v) is 5.95. The van der Waals surface area contributed by atoms with Crippen molar-refractivity contribution in [2.75, 3.05) is 6.54 Å². The lowest BCUT2D eigenvalue weighted by Gasteiger charge is -2.16. The number of nitrogens with two attached hydrogens (primary N) is 1. The van der Waals surface area contributed by atoms with E-state index in [0.717, 1.165) is 19.3 Å². The standard InChI is InChI=1S/C13H23NO2/c1-4-6-11(3)7-8-12(5-2)16-13(15)9-10-14/h11-12H,5,7-10,14H2,1-3H3. The Morgan fingerprint density at radius 3 is 2.62 bits per heavy atom. The van der Waals surface area contributed by atoms with Gasteiger partial charge in [-0.3, -0.25) is 4.79 Å². The van der Waals surface area contributed by atoms with E-state index in [1.807, 2.05) is 13.8 Å². The van der Waals surface area contributed by atoms with Gasteiger partial charge in [0.15, 0.2) is 0 Å². The molecule has 0 fully saturated rings. The molecule has 0 aromatic rings. The third kappa shape index (κ3) is 7.30. The summed E-state index contributed by atoms with van der Waals surface area (Å²) in [4.78, 5) is 11.3. The van der Waals surface area contributed by atoms with Crippen LogP contribution in [0.1, 0.15) is 46.5 Å². The van der Waals surface area contributed by atoms with Crippen LogP contribution in [-0.2, 0) is 9.53 Å². The molecule has 0 aliphatic rings. The molecule has 0 saturated carbocycles. The first-order valence-electron chi connectivity index (χ1n) is 5.95. The van der Waals surface area contributed by atoms with Crippen LogP contribution in [0.4, 0.5) is 0 Å². The summed E-state index contributed by atoms with van der Waals surface area (Å²) in [7, 11) is 0. The van der Waals surface area contributed by atoms with E-state index in [9.17, 15) is 4.79 Å². The molecule has 0 bridgehead atoms. The normalized spacial score (nSPS) is 13.5. The number of ether oxygens (including phenoxy) is 1. The van der Waals surface area contributed by atoms with Crippen LogP contribution >= 0.6 is 0 Å². The van der Waals surface area contributed by atoms with Gasteiger partial charge in [-0.1, -0.05) is 13.8 Å². The minimum Gasteiger partial charge on any atom is -0.462 e. The maximum Gasteiger partial charge on any atom is 0.307 e. The summed E-state index contributed by atoms with van der Waals surface area (Å²) in [5.74, 6) is 6.17. The Morgan fingerprint density at radius 1 is 1.44 bits per heavy atom. The highest BCUT2D eigenvalue weighted by Crippen LogP contribution is 2.12. The predicted molar refractivity (Wildman–Crippen MR) is 65.7 cm³/mol. The Kier molecular flexibility index (Phi) is 8.65. The van der Waals surface area contributed by atoms with E-state index in [1.165, 1.54) is 0 Å². The lowest BCUT2D eigenvalue weighted by Crippen LogP contribution is -2.20. The second kappa shape index (κ2) is 9.23. The van der Waals surface area contributed by atoms with Gasteiger partial charge < -0.3 is 10.5 Å². The zero-order valence-corrected chi connectivity index (χ0v) is 10.6. The molecule has 92 valence electrons. The molecule has 0 heterocycles. The Balaban J connectivity index is 3.90. The smallest absolute Gasteiger partial charge is 0.307 e. The van der Waals surface area contributed by atoms with Gasteiger partial charge in [-0.05, 0) is 26.2 Å². The number of rotatable bonds is 7. The molecule has 2 N–H and O–H groups in total. The van der Waals surface area contributed by atoms with Crippen LogP contribution in [-0.4, -0.2) is 18.6 Å². The molecule has 0 aromatic carbocycles. The molecule has 16 heavy (non-hydrogen) atoms. The average Bonchev–Trinajstić information content (AvgIpc) is 2.25. The van der Waals surface area contributed by atoms with Crippen molar-refractivity contribution in [2.45, 2.75) is 52.6 Å². The molecule has 0 saturated heterocycles. The fraction of sp³-hybridized carbons (Fsp3) is 0.769. The molecule has 0 radical (unpaired) electrons. The van der Waals surface area contributed by atoms with Gasteiger partial charge in [0.25, 0.3) is 0 Å². The lowest BCUT2D eigenvalue weighted by atomic mass is 10.0. The quantitative estimate of drug-likeness (QED) is 0.533. The molecule has 2 atom stereocenters. The minimum absolute atomic E-state index is 0.0140.